The maximum atomic E-state index is 13.8. The van der Waals surface area contributed by atoms with Gasteiger partial charge in [0.2, 0.25) is 0 Å². The molecule has 0 radical (unpaired) electrons. The summed E-state index contributed by atoms with van der Waals surface area (Å²) in [7, 11) is -4.11. The van der Waals surface area contributed by atoms with Gasteiger partial charge in [0.15, 0.2) is 17.1 Å². The minimum atomic E-state index is -4.82. The van der Waals surface area contributed by atoms with Crippen LogP contribution in [0.2, 0.25) is 9.36 Å². The Balaban J connectivity index is 1.63. The number of anilines is 1. The van der Waals surface area contributed by atoms with Gasteiger partial charge in [0.05, 0.1) is 29.7 Å². The van der Waals surface area contributed by atoms with Crippen LogP contribution in [0.4, 0.5) is 23.7 Å². The van der Waals surface area contributed by atoms with E-state index < -0.39 is 51.5 Å². The van der Waals surface area contributed by atoms with Gasteiger partial charge in [-0.15, -0.1) is 11.3 Å². The molecule has 17 heteroatoms. The van der Waals surface area contributed by atoms with Crippen molar-refractivity contribution in [3.8, 4) is 17.0 Å². The average molecular weight is 624 g/mol. The monoisotopic (exact) mass is 623 g/mol. The quantitative estimate of drug-likeness (QED) is 0.249. The van der Waals surface area contributed by atoms with Crippen molar-refractivity contribution in [2.24, 2.45) is 0 Å². The Bertz CT molecular complexity index is 1650. The number of benzene rings is 1. The molecule has 3 heterocycles. The number of rotatable bonds is 7. The number of aliphatic hydroxyl groups is 1. The van der Waals surface area contributed by atoms with Crippen molar-refractivity contribution in [1.82, 2.24) is 19.3 Å². The summed E-state index contributed by atoms with van der Waals surface area (Å²) in [5.74, 6) is -0.403. The first-order valence-electron chi connectivity index (χ1n) is 10.7. The second-order valence-electron chi connectivity index (χ2n) is 8.69. The van der Waals surface area contributed by atoms with Gasteiger partial charge in [-0.05, 0) is 38.1 Å². The molecule has 0 unspecified atom stereocenters. The molecule has 1 aromatic carbocycles. The van der Waals surface area contributed by atoms with Crippen molar-refractivity contribution >= 4 is 62.0 Å². The number of carbonyl (C=O) groups is 1. The first-order valence-corrected chi connectivity index (χ1v) is 13.8. The molecular weight excluding hydrogens is 606 g/mol. The summed E-state index contributed by atoms with van der Waals surface area (Å²) in [6, 6.07) is 7.79. The summed E-state index contributed by atoms with van der Waals surface area (Å²) in [6.07, 6.45) is -5.13. The summed E-state index contributed by atoms with van der Waals surface area (Å²) in [6.45, 7) is 2.44. The van der Waals surface area contributed by atoms with Crippen LogP contribution in [0.15, 0.2) is 46.8 Å². The van der Waals surface area contributed by atoms with Crippen LogP contribution in [0.5, 0.6) is 5.75 Å². The molecule has 0 spiro atoms. The summed E-state index contributed by atoms with van der Waals surface area (Å²) in [5, 5.41) is 15.6. The van der Waals surface area contributed by atoms with Gasteiger partial charge in [0, 0.05) is 10.6 Å². The molecule has 0 fully saturated rings. The number of fused-ring (bicyclic) bond motifs is 1. The van der Waals surface area contributed by atoms with Gasteiger partial charge in [-0.25, -0.2) is 27.4 Å². The number of sulfonamides is 1. The molecule has 208 valence electrons. The van der Waals surface area contributed by atoms with E-state index >= 15 is 0 Å². The molecule has 10 nitrogen and oxygen atoms in total. The van der Waals surface area contributed by atoms with Gasteiger partial charge < -0.3 is 9.84 Å². The van der Waals surface area contributed by atoms with Crippen LogP contribution in [0.3, 0.4) is 0 Å². The zero-order valence-corrected chi connectivity index (χ0v) is 23.0. The fourth-order valence-electron chi connectivity index (χ4n) is 3.23. The second kappa shape index (κ2) is 10.6. The van der Waals surface area contributed by atoms with E-state index in [4.69, 9.17) is 27.9 Å². The molecule has 3 aromatic heterocycles. The van der Waals surface area contributed by atoms with E-state index in [0.29, 0.717) is 26.4 Å². The van der Waals surface area contributed by atoms with E-state index in [1.807, 2.05) is 0 Å². The van der Waals surface area contributed by atoms with Crippen molar-refractivity contribution in [1.29, 1.82) is 0 Å². The summed E-state index contributed by atoms with van der Waals surface area (Å²) in [4.78, 5) is 16.8. The lowest BCUT2D eigenvalue weighted by molar-refractivity contribution is -0.142. The normalized spacial score (nSPS) is 12.6. The highest BCUT2D eigenvalue weighted by Crippen LogP contribution is 2.37. The van der Waals surface area contributed by atoms with Gasteiger partial charge in [0.25, 0.3) is 10.0 Å². The molecule has 0 saturated heterocycles. The number of carbonyl (C=O) groups excluding carboxylic acids is 1. The van der Waals surface area contributed by atoms with Gasteiger partial charge in [-0.2, -0.15) is 18.3 Å². The zero-order chi connectivity index (χ0) is 28.8. The minimum Gasteiger partial charge on any atom is -0.404 e. The molecule has 0 aliphatic heterocycles. The van der Waals surface area contributed by atoms with Gasteiger partial charge in [-0.3, -0.25) is 5.32 Å². The van der Waals surface area contributed by atoms with Crippen LogP contribution >= 0.6 is 34.5 Å². The molecule has 0 saturated carbocycles. The third-order valence-electron chi connectivity index (χ3n) is 5.04. The van der Waals surface area contributed by atoms with Gasteiger partial charge in [0.1, 0.15) is 8.55 Å². The van der Waals surface area contributed by atoms with Crippen molar-refractivity contribution in [2.75, 3.05) is 11.9 Å². The number of nitrogens with one attached hydrogen (secondary N) is 2. The van der Waals surface area contributed by atoms with Crippen LogP contribution in [-0.4, -0.2) is 46.4 Å². The minimum absolute atomic E-state index is 0.0775. The Kier molecular flexibility index (Phi) is 7.86. The summed E-state index contributed by atoms with van der Waals surface area (Å²) < 4.78 is 74.2. The molecule has 1 amide bonds. The molecule has 0 aliphatic rings. The van der Waals surface area contributed by atoms with Crippen molar-refractivity contribution in [2.45, 2.75) is 29.8 Å². The topological polar surface area (TPSA) is 135 Å². The molecule has 0 aliphatic carbocycles. The number of nitrogens with zero attached hydrogens (tertiary/aromatic N) is 3. The molecule has 4 aromatic rings. The van der Waals surface area contributed by atoms with E-state index in [1.54, 1.807) is 0 Å². The SMILES string of the molecule is CC(C)(CO)NS(=O)(=O)c1cc(NC(=O)Oc2cnn3c(C(F)(F)F)cc(-c4ccc(Cl)cc4)nc23)c(Cl)s1. The number of thiophene rings is 1. The predicted octanol–water partition coefficient (Wildman–Crippen LogP) is 5.44. The average Bonchev–Trinajstić information content (AvgIpc) is 3.41. The second-order valence-corrected chi connectivity index (χ2v) is 12.7. The number of hydrogen-bond donors (Lipinski definition) is 3. The van der Waals surface area contributed by atoms with Crippen LogP contribution in [0, 0.1) is 0 Å². The first-order chi connectivity index (χ1) is 18.1. The zero-order valence-electron chi connectivity index (χ0n) is 19.9. The van der Waals surface area contributed by atoms with Crippen molar-refractivity contribution < 1.29 is 36.2 Å². The number of ether oxygens (including phenoxy) is 1. The van der Waals surface area contributed by atoms with E-state index in [1.165, 1.54) is 38.1 Å². The van der Waals surface area contributed by atoms with Crippen LogP contribution in [-0.2, 0) is 16.2 Å². The Hall–Kier alpha value is -2.95. The number of halogens is 5. The summed E-state index contributed by atoms with van der Waals surface area (Å²) in [5.41, 5.74) is -2.62. The van der Waals surface area contributed by atoms with E-state index in [9.17, 15) is 31.5 Å². The molecular formula is C22H18Cl2F3N5O5S2. The highest BCUT2D eigenvalue weighted by molar-refractivity contribution is 7.91. The third kappa shape index (κ3) is 6.45. The standard InChI is InChI=1S/C22H18Cl2F3N5O5S2/c1-21(2,10-33)31-39(35,36)17-8-14(18(24)38-17)30-20(34)37-15-9-28-32-16(22(25,26)27)7-13(29-19(15)32)11-3-5-12(23)6-4-11/h3-9,31,33H,10H2,1-2H3,(H,30,34). The van der Waals surface area contributed by atoms with Gasteiger partial charge in [-0.1, -0.05) is 35.3 Å². The lowest BCUT2D eigenvalue weighted by atomic mass is 10.1. The van der Waals surface area contributed by atoms with Crippen molar-refractivity contribution in [3.63, 3.8) is 0 Å². The maximum absolute atomic E-state index is 13.8. The summed E-state index contributed by atoms with van der Waals surface area (Å²) >= 11 is 12.6. The highest BCUT2D eigenvalue weighted by atomic mass is 35.5. The Morgan fingerprint density at radius 2 is 1.85 bits per heavy atom. The lowest BCUT2D eigenvalue weighted by Gasteiger charge is -2.22. The largest absolute Gasteiger partial charge is 0.433 e. The number of aliphatic hydroxyl groups excluding tert-OH is 1. The molecule has 4 rings (SSSR count). The molecule has 0 atom stereocenters. The molecule has 0 bridgehead atoms. The van der Waals surface area contributed by atoms with Crippen LogP contribution < -0.4 is 14.8 Å². The van der Waals surface area contributed by atoms with Crippen LogP contribution in [0.25, 0.3) is 16.9 Å². The number of alkyl halides is 3. The fourth-order valence-corrected chi connectivity index (χ4v) is 6.40. The van der Waals surface area contributed by atoms with Crippen LogP contribution in [0.1, 0.15) is 19.5 Å². The Morgan fingerprint density at radius 1 is 1.18 bits per heavy atom. The predicted molar refractivity (Wildman–Crippen MR) is 139 cm³/mol. The smallest absolute Gasteiger partial charge is 0.404 e. The lowest BCUT2D eigenvalue weighted by Crippen LogP contribution is -2.45. The number of hydrogen-bond acceptors (Lipinski definition) is 8. The first kappa shape index (κ1) is 29.0. The number of aromatic nitrogens is 3. The maximum Gasteiger partial charge on any atom is 0.433 e. The van der Waals surface area contributed by atoms with E-state index in [2.05, 4.69) is 20.1 Å². The number of amides is 1. The molecule has 39 heavy (non-hydrogen) atoms. The fraction of sp³-hybridized carbons (Fsp3) is 0.227. The third-order valence-corrected chi connectivity index (χ3v) is 8.83. The van der Waals surface area contributed by atoms with E-state index in [-0.39, 0.29) is 19.9 Å². The van der Waals surface area contributed by atoms with Crippen molar-refractivity contribution in [3.05, 3.63) is 57.6 Å². The highest BCUT2D eigenvalue weighted by Gasteiger charge is 2.36. The van der Waals surface area contributed by atoms with E-state index in [0.717, 1.165) is 18.3 Å². The van der Waals surface area contributed by atoms with Gasteiger partial charge >= 0.3 is 12.3 Å². The molecule has 3 N–H and O–H groups in total. The Labute approximate surface area is 233 Å². The Morgan fingerprint density at radius 3 is 2.46 bits per heavy atom.